The summed E-state index contributed by atoms with van der Waals surface area (Å²) in [6, 6.07) is 3.63. The molecule has 0 unspecified atom stereocenters. The van der Waals surface area contributed by atoms with E-state index in [-0.39, 0.29) is 11.2 Å². The highest BCUT2D eigenvalue weighted by Crippen LogP contribution is 2.19. The molecule has 2 rings (SSSR count). The van der Waals surface area contributed by atoms with E-state index in [0.29, 0.717) is 17.8 Å². The topological polar surface area (TPSA) is 58.6 Å². The summed E-state index contributed by atoms with van der Waals surface area (Å²) >= 11 is 2.54. The van der Waals surface area contributed by atoms with Gasteiger partial charge in [0.15, 0.2) is 0 Å². The Morgan fingerprint density at radius 2 is 2.33 bits per heavy atom. The fourth-order valence-electron chi connectivity index (χ4n) is 1.43. The van der Waals surface area contributed by atoms with E-state index < -0.39 is 0 Å². The van der Waals surface area contributed by atoms with Gasteiger partial charge in [0, 0.05) is 24.0 Å². The van der Waals surface area contributed by atoms with Gasteiger partial charge in [0.05, 0.1) is 7.11 Å². The normalized spacial score (nSPS) is 14.5. The molecule has 96 valence electrons. The van der Waals surface area contributed by atoms with E-state index in [2.05, 4.69) is 10.2 Å². The molecule has 18 heavy (non-hydrogen) atoms. The molecule has 0 atom stereocenters. The second kappa shape index (κ2) is 5.92. The van der Waals surface area contributed by atoms with Gasteiger partial charge < -0.3 is 10.2 Å². The van der Waals surface area contributed by atoms with Crippen LogP contribution in [0.3, 0.4) is 0 Å². The average Bonchev–Trinajstić information content (AvgIpc) is 2.86. The Kier molecular flexibility index (Phi) is 4.27. The third kappa shape index (κ3) is 3.05. The summed E-state index contributed by atoms with van der Waals surface area (Å²) in [6.45, 7) is 0.567. The minimum Gasteiger partial charge on any atom is -0.465 e. The lowest BCUT2D eigenvalue weighted by Gasteiger charge is -2.23. The number of hydrogen-bond acceptors (Lipinski definition) is 6. The van der Waals surface area contributed by atoms with Gasteiger partial charge >= 0.3 is 11.2 Å². The molecule has 2 heterocycles. The van der Waals surface area contributed by atoms with Gasteiger partial charge in [-0.2, -0.15) is 0 Å². The second-order valence-corrected chi connectivity index (χ2v) is 5.50. The van der Waals surface area contributed by atoms with Gasteiger partial charge in [0.2, 0.25) is 0 Å². The van der Waals surface area contributed by atoms with E-state index in [0.717, 1.165) is 16.6 Å². The van der Waals surface area contributed by atoms with Crippen molar-refractivity contribution in [1.82, 2.24) is 10.4 Å². The number of thiophene rings is 1. The molecule has 5 nitrogen and oxygen atoms in total. The molecule has 0 radical (unpaired) electrons. The number of hydrogen-bond donors (Lipinski definition) is 1. The number of methoxy groups -OCH3 is 1. The van der Waals surface area contributed by atoms with E-state index in [1.807, 2.05) is 6.07 Å². The van der Waals surface area contributed by atoms with Gasteiger partial charge in [-0.05, 0) is 29.3 Å². The molecule has 0 saturated carbocycles. The van der Waals surface area contributed by atoms with Gasteiger partial charge in [0.25, 0.3) is 0 Å². The number of carbonyl (C=O) groups is 2. The molecular weight excluding hydrogens is 272 g/mol. The summed E-state index contributed by atoms with van der Waals surface area (Å²) in [5, 5.41) is 3.23. The summed E-state index contributed by atoms with van der Waals surface area (Å²) < 4.78 is 4.64. The lowest BCUT2D eigenvalue weighted by Crippen LogP contribution is -2.40. The second-order valence-electron chi connectivity index (χ2n) is 3.47. The molecule has 1 N–H and O–H groups in total. The zero-order valence-corrected chi connectivity index (χ0v) is 11.3. The molecule has 1 amide bonds. The van der Waals surface area contributed by atoms with E-state index in [9.17, 15) is 9.59 Å². The number of ether oxygens (including phenoxy) is 1. The van der Waals surface area contributed by atoms with Crippen molar-refractivity contribution in [2.45, 2.75) is 6.42 Å². The van der Waals surface area contributed by atoms with Crippen LogP contribution in [0.5, 0.6) is 0 Å². The van der Waals surface area contributed by atoms with Crippen LogP contribution in [-0.4, -0.2) is 29.9 Å². The quantitative estimate of drug-likeness (QED) is 0.859. The lowest BCUT2D eigenvalue weighted by molar-refractivity contribution is 0.0606. The molecule has 1 aliphatic heterocycles. The standard InChI is InChI=1S/C11H12N2O3S2/c1-16-10(14)9-3-2-8(18-9)4-6-13-11(15)17-7-5-12-13/h2-3,5,7,12H,4,6H2,1H3. The molecule has 0 fully saturated rings. The number of amides is 1. The highest BCUT2D eigenvalue weighted by molar-refractivity contribution is 8.16. The lowest BCUT2D eigenvalue weighted by atomic mass is 10.3. The van der Waals surface area contributed by atoms with Crippen molar-refractivity contribution in [3.63, 3.8) is 0 Å². The van der Waals surface area contributed by atoms with Crippen LogP contribution in [0.4, 0.5) is 4.79 Å². The highest BCUT2D eigenvalue weighted by Gasteiger charge is 2.15. The molecule has 0 spiro atoms. The molecule has 1 aromatic rings. The van der Waals surface area contributed by atoms with E-state index in [1.165, 1.54) is 18.4 Å². The van der Waals surface area contributed by atoms with Gasteiger partial charge in [-0.3, -0.25) is 4.79 Å². The van der Waals surface area contributed by atoms with Crippen LogP contribution in [0, 0.1) is 0 Å². The van der Waals surface area contributed by atoms with Gasteiger partial charge in [-0.15, -0.1) is 11.3 Å². The van der Waals surface area contributed by atoms with Crippen LogP contribution in [0.15, 0.2) is 23.7 Å². The summed E-state index contributed by atoms with van der Waals surface area (Å²) in [5.41, 5.74) is 2.88. The number of nitrogens with one attached hydrogen (secondary N) is 1. The minimum atomic E-state index is -0.322. The number of hydrazine groups is 1. The molecule has 0 aromatic carbocycles. The van der Waals surface area contributed by atoms with Crippen molar-refractivity contribution >= 4 is 34.3 Å². The Labute approximate surface area is 113 Å². The van der Waals surface area contributed by atoms with Gasteiger partial charge in [-0.1, -0.05) is 0 Å². The largest absolute Gasteiger partial charge is 0.465 e. The highest BCUT2D eigenvalue weighted by atomic mass is 32.2. The van der Waals surface area contributed by atoms with Crippen LogP contribution in [-0.2, 0) is 11.2 Å². The SMILES string of the molecule is COC(=O)c1ccc(CCN2NC=CSC2=O)s1. The molecule has 7 heteroatoms. The average molecular weight is 284 g/mol. The first-order valence-electron chi connectivity index (χ1n) is 5.27. The van der Waals surface area contributed by atoms with Gasteiger partial charge in [-0.25, -0.2) is 9.80 Å². The fraction of sp³-hybridized carbons (Fsp3) is 0.273. The fourth-order valence-corrected chi connectivity index (χ4v) is 2.86. The Morgan fingerprint density at radius 3 is 3.06 bits per heavy atom. The van der Waals surface area contributed by atoms with E-state index in [4.69, 9.17) is 0 Å². The predicted octanol–water partition coefficient (Wildman–Crippen LogP) is 2.22. The smallest absolute Gasteiger partial charge is 0.348 e. The van der Waals surface area contributed by atoms with E-state index in [1.54, 1.807) is 22.7 Å². The van der Waals surface area contributed by atoms with Crippen molar-refractivity contribution < 1.29 is 14.3 Å². The summed E-state index contributed by atoms with van der Waals surface area (Å²) in [7, 11) is 1.36. The predicted molar refractivity (Wildman–Crippen MR) is 71.3 cm³/mol. The first-order chi connectivity index (χ1) is 8.70. The van der Waals surface area contributed by atoms with Crippen molar-refractivity contribution in [3.8, 4) is 0 Å². The van der Waals surface area contributed by atoms with Gasteiger partial charge in [0.1, 0.15) is 4.88 Å². The Hall–Kier alpha value is -1.47. The summed E-state index contributed by atoms with van der Waals surface area (Å²) in [5.74, 6) is -0.322. The van der Waals surface area contributed by atoms with Crippen molar-refractivity contribution in [3.05, 3.63) is 33.5 Å². The van der Waals surface area contributed by atoms with Crippen molar-refractivity contribution in [2.24, 2.45) is 0 Å². The Balaban J connectivity index is 1.90. The first-order valence-corrected chi connectivity index (χ1v) is 6.96. The molecule has 1 aliphatic rings. The van der Waals surface area contributed by atoms with Crippen molar-refractivity contribution in [1.29, 1.82) is 0 Å². The maximum Gasteiger partial charge on any atom is 0.348 e. The zero-order valence-electron chi connectivity index (χ0n) is 9.71. The molecular formula is C11H12N2O3S2. The van der Waals surface area contributed by atoms with Crippen LogP contribution in [0.25, 0.3) is 0 Å². The maximum atomic E-state index is 11.5. The number of nitrogens with zero attached hydrogens (tertiary/aromatic N) is 1. The third-order valence-electron chi connectivity index (χ3n) is 2.32. The van der Waals surface area contributed by atoms with E-state index >= 15 is 0 Å². The zero-order chi connectivity index (χ0) is 13.0. The molecule has 1 aromatic heterocycles. The monoisotopic (exact) mass is 284 g/mol. The van der Waals surface area contributed by atoms with Crippen LogP contribution in [0.2, 0.25) is 0 Å². The molecule has 0 saturated heterocycles. The number of thioether (sulfide) groups is 1. The van der Waals surface area contributed by atoms with Crippen LogP contribution < -0.4 is 5.43 Å². The molecule has 0 bridgehead atoms. The number of esters is 1. The van der Waals surface area contributed by atoms with Crippen LogP contribution >= 0.6 is 23.1 Å². The van der Waals surface area contributed by atoms with Crippen LogP contribution in [0.1, 0.15) is 14.5 Å². The third-order valence-corrected chi connectivity index (χ3v) is 4.14. The Morgan fingerprint density at radius 1 is 1.50 bits per heavy atom. The summed E-state index contributed by atoms with van der Waals surface area (Å²) in [4.78, 5) is 24.4. The summed E-state index contributed by atoms with van der Waals surface area (Å²) in [6.07, 6.45) is 2.43. The number of carbonyl (C=O) groups excluding carboxylic acids is 2. The molecule has 0 aliphatic carbocycles. The maximum absolute atomic E-state index is 11.5. The first kappa shape index (κ1) is 13.0. The number of rotatable bonds is 4. The Bertz CT molecular complexity index is 484. The van der Waals surface area contributed by atoms with Crippen molar-refractivity contribution in [2.75, 3.05) is 13.7 Å². The minimum absolute atomic E-state index is 0.0257.